The summed E-state index contributed by atoms with van der Waals surface area (Å²) in [6.07, 6.45) is -4.29. The van der Waals surface area contributed by atoms with Gasteiger partial charge in [-0.25, -0.2) is 4.79 Å². The zero-order valence-corrected chi connectivity index (χ0v) is 14.4. The molecule has 1 atom stereocenters. The second-order valence-electron chi connectivity index (χ2n) is 5.98. The Hall–Kier alpha value is -3.03. The summed E-state index contributed by atoms with van der Waals surface area (Å²) in [5.41, 5.74) is 0.408. The summed E-state index contributed by atoms with van der Waals surface area (Å²) in [6.45, 7) is 1.29. The lowest BCUT2D eigenvalue weighted by Gasteiger charge is -2.14. The van der Waals surface area contributed by atoms with Crippen LogP contribution in [0, 0.1) is 0 Å². The minimum absolute atomic E-state index is 0.0998. The molecule has 0 saturated carbocycles. The number of alkyl halides is 3. The molecule has 0 fully saturated rings. The Morgan fingerprint density at radius 2 is 1.67 bits per heavy atom. The van der Waals surface area contributed by atoms with Crippen LogP contribution in [0.3, 0.4) is 0 Å². The highest BCUT2D eigenvalue weighted by Gasteiger charge is 2.30. The highest BCUT2D eigenvalue weighted by atomic mass is 19.4. The summed E-state index contributed by atoms with van der Waals surface area (Å²) < 4.78 is 42.8. The van der Waals surface area contributed by atoms with Crippen molar-refractivity contribution >= 4 is 17.6 Å². The summed E-state index contributed by atoms with van der Waals surface area (Å²) in [4.78, 5) is 22.6. The number of rotatable bonds is 7. The quantitative estimate of drug-likeness (QED) is 0.750. The van der Waals surface area contributed by atoms with Crippen LogP contribution in [-0.2, 0) is 15.8 Å². The first-order valence-corrected chi connectivity index (χ1v) is 8.07. The predicted octanol–water partition coefficient (Wildman–Crippen LogP) is 4.30. The van der Waals surface area contributed by atoms with Gasteiger partial charge in [-0.3, -0.25) is 4.79 Å². The molecule has 0 heterocycles. The first-order chi connectivity index (χ1) is 12.6. The summed E-state index contributed by atoms with van der Waals surface area (Å²) >= 11 is 0. The van der Waals surface area contributed by atoms with Crippen LogP contribution in [0.1, 0.15) is 30.4 Å². The van der Waals surface area contributed by atoms with Crippen LogP contribution in [0.2, 0.25) is 0 Å². The molecule has 1 unspecified atom stereocenters. The largest absolute Gasteiger partial charge is 0.482 e. The van der Waals surface area contributed by atoms with Crippen molar-refractivity contribution in [3.8, 4) is 5.75 Å². The number of ether oxygens (including phenoxy) is 1. The Labute approximate surface area is 153 Å². The summed E-state index contributed by atoms with van der Waals surface area (Å²) in [5.74, 6) is -1.29. The van der Waals surface area contributed by atoms with Gasteiger partial charge in [0.1, 0.15) is 5.75 Å². The molecule has 0 bridgehead atoms. The topological polar surface area (TPSA) is 75.6 Å². The Kier molecular flexibility index (Phi) is 6.44. The molecule has 2 aromatic carbocycles. The fourth-order valence-corrected chi connectivity index (χ4v) is 2.39. The number of nitrogens with one attached hydrogen (secondary N) is 1. The van der Waals surface area contributed by atoms with Crippen LogP contribution in [0.4, 0.5) is 18.9 Å². The lowest BCUT2D eigenvalue weighted by Crippen LogP contribution is -2.14. The summed E-state index contributed by atoms with van der Waals surface area (Å²) in [5, 5.41) is 11.2. The highest BCUT2D eigenvalue weighted by molar-refractivity contribution is 5.91. The number of halogens is 3. The SMILES string of the molecule is CC(CC(=O)Nc1ccc(OCC(=O)O)cc1)c1ccc(C(F)(F)F)cc1. The van der Waals surface area contributed by atoms with Gasteiger partial charge in [0.25, 0.3) is 0 Å². The van der Waals surface area contributed by atoms with E-state index in [-0.39, 0.29) is 18.2 Å². The van der Waals surface area contributed by atoms with Gasteiger partial charge in [0.15, 0.2) is 6.61 Å². The van der Waals surface area contributed by atoms with Crippen LogP contribution in [0.15, 0.2) is 48.5 Å². The van der Waals surface area contributed by atoms with Crippen molar-refractivity contribution in [2.24, 2.45) is 0 Å². The summed E-state index contributed by atoms with van der Waals surface area (Å²) in [6, 6.07) is 10.9. The van der Waals surface area contributed by atoms with Gasteiger partial charge in [0, 0.05) is 12.1 Å². The van der Waals surface area contributed by atoms with Gasteiger partial charge in [-0.2, -0.15) is 13.2 Å². The smallest absolute Gasteiger partial charge is 0.416 e. The average Bonchev–Trinajstić information content (AvgIpc) is 2.60. The zero-order valence-electron chi connectivity index (χ0n) is 14.4. The molecule has 0 aromatic heterocycles. The molecule has 5 nitrogen and oxygen atoms in total. The second-order valence-corrected chi connectivity index (χ2v) is 5.98. The number of carbonyl (C=O) groups is 2. The van der Waals surface area contributed by atoms with Crippen LogP contribution in [0.25, 0.3) is 0 Å². The van der Waals surface area contributed by atoms with E-state index in [1.165, 1.54) is 24.3 Å². The van der Waals surface area contributed by atoms with E-state index < -0.39 is 24.3 Å². The predicted molar refractivity (Wildman–Crippen MR) is 92.7 cm³/mol. The average molecular weight is 381 g/mol. The van der Waals surface area contributed by atoms with Gasteiger partial charge in [0.05, 0.1) is 5.56 Å². The van der Waals surface area contributed by atoms with Crippen molar-refractivity contribution in [1.29, 1.82) is 0 Å². The van der Waals surface area contributed by atoms with E-state index in [9.17, 15) is 22.8 Å². The van der Waals surface area contributed by atoms with Crippen molar-refractivity contribution in [3.05, 3.63) is 59.7 Å². The first kappa shape index (κ1) is 20.3. The van der Waals surface area contributed by atoms with Gasteiger partial charge in [0.2, 0.25) is 5.91 Å². The van der Waals surface area contributed by atoms with Gasteiger partial charge >= 0.3 is 12.1 Å². The van der Waals surface area contributed by atoms with Crippen LogP contribution in [-0.4, -0.2) is 23.6 Å². The maximum atomic E-state index is 12.6. The Morgan fingerprint density at radius 3 is 2.19 bits per heavy atom. The third-order valence-electron chi connectivity index (χ3n) is 3.80. The lowest BCUT2D eigenvalue weighted by molar-refractivity contribution is -0.139. The van der Waals surface area contributed by atoms with Crippen molar-refractivity contribution in [2.45, 2.75) is 25.4 Å². The van der Waals surface area contributed by atoms with E-state index in [4.69, 9.17) is 9.84 Å². The molecule has 1 amide bonds. The van der Waals surface area contributed by atoms with E-state index in [1.54, 1.807) is 19.1 Å². The van der Waals surface area contributed by atoms with Crippen molar-refractivity contribution in [3.63, 3.8) is 0 Å². The molecule has 8 heteroatoms. The molecule has 0 radical (unpaired) electrons. The molecule has 0 aliphatic carbocycles. The van der Waals surface area contributed by atoms with E-state index in [0.717, 1.165) is 12.1 Å². The number of benzene rings is 2. The molecule has 0 spiro atoms. The molecule has 0 aliphatic heterocycles. The van der Waals surface area contributed by atoms with Crippen LogP contribution in [0.5, 0.6) is 5.75 Å². The maximum absolute atomic E-state index is 12.6. The highest BCUT2D eigenvalue weighted by Crippen LogP contribution is 2.30. The molecular formula is C19H18F3NO4. The number of hydrogen-bond donors (Lipinski definition) is 2. The fourth-order valence-electron chi connectivity index (χ4n) is 2.39. The molecule has 144 valence electrons. The van der Waals surface area contributed by atoms with Gasteiger partial charge in [-0.1, -0.05) is 19.1 Å². The Bertz CT molecular complexity index is 786. The number of carboxylic acids is 1. The van der Waals surface area contributed by atoms with E-state index >= 15 is 0 Å². The molecule has 0 aliphatic rings. The molecule has 27 heavy (non-hydrogen) atoms. The number of anilines is 1. The molecule has 0 saturated heterocycles. The monoisotopic (exact) mass is 381 g/mol. The van der Waals surface area contributed by atoms with Gasteiger partial charge < -0.3 is 15.2 Å². The number of carbonyl (C=O) groups excluding carboxylic acids is 1. The molecule has 2 aromatic rings. The number of aliphatic carboxylic acids is 1. The Balaban J connectivity index is 1.90. The lowest BCUT2D eigenvalue weighted by atomic mass is 9.96. The number of hydrogen-bond acceptors (Lipinski definition) is 3. The minimum atomic E-state index is -4.39. The molecule has 2 N–H and O–H groups in total. The molecular weight excluding hydrogens is 363 g/mol. The third kappa shape index (κ3) is 6.32. The first-order valence-electron chi connectivity index (χ1n) is 8.07. The molecule has 2 rings (SSSR count). The van der Waals surface area contributed by atoms with E-state index in [1.807, 2.05) is 0 Å². The van der Waals surface area contributed by atoms with Gasteiger partial charge in [-0.15, -0.1) is 0 Å². The Morgan fingerprint density at radius 1 is 1.07 bits per heavy atom. The van der Waals surface area contributed by atoms with Gasteiger partial charge in [-0.05, 0) is 47.9 Å². The van der Waals surface area contributed by atoms with Crippen LogP contribution < -0.4 is 10.1 Å². The normalized spacial score (nSPS) is 12.3. The van der Waals surface area contributed by atoms with Crippen molar-refractivity contribution in [1.82, 2.24) is 0 Å². The van der Waals surface area contributed by atoms with Crippen molar-refractivity contribution < 1.29 is 32.6 Å². The third-order valence-corrected chi connectivity index (χ3v) is 3.80. The minimum Gasteiger partial charge on any atom is -0.482 e. The summed E-state index contributed by atoms with van der Waals surface area (Å²) in [7, 11) is 0. The van der Waals surface area contributed by atoms with E-state index in [2.05, 4.69) is 5.32 Å². The number of amides is 1. The maximum Gasteiger partial charge on any atom is 0.416 e. The zero-order chi connectivity index (χ0) is 20.0. The van der Waals surface area contributed by atoms with Crippen LogP contribution >= 0.6 is 0 Å². The fraction of sp³-hybridized carbons (Fsp3) is 0.263. The standard InChI is InChI=1S/C19H18F3NO4/c1-12(13-2-4-14(5-3-13)19(20,21)22)10-17(24)23-15-6-8-16(9-7-15)27-11-18(25)26/h2-9,12H,10-11H2,1H3,(H,23,24)(H,25,26). The number of carboxylic acid groups (broad SMARTS) is 1. The van der Waals surface area contributed by atoms with E-state index in [0.29, 0.717) is 17.0 Å². The van der Waals surface area contributed by atoms with Crippen molar-refractivity contribution in [2.75, 3.05) is 11.9 Å². The second kappa shape index (κ2) is 8.57.